The molecule has 0 aromatic heterocycles. The molecule has 3 aromatic carbocycles. The lowest BCUT2D eigenvalue weighted by atomic mass is 10.0. The Labute approximate surface area is 184 Å². The van der Waals surface area contributed by atoms with Crippen LogP contribution in [-0.2, 0) is 14.4 Å². The molecule has 0 fully saturated rings. The third kappa shape index (κ3) is 4.13. The number of rotatable bonds is 5. The van der Waals surface area contributed by atoms with E-state index in [0.717, 1.165) is 16.5 Å². The zero-order valence-corrected chi connectivity index (χ0v) is 17.5. The Morgan fingerprint density at radius 3 is 2.16 bits per heavy atom. The fraction of sp³-hybridized carbons (Fsp3) is 0.0800. The summed E-state index contributed by atoms with van der Waals surface area (Å²) in [5, 5.41) is 5.71. The van der Waals surface area contributed by atoms with Gasteiger partial charge in [-0.15, -0.1) is 0 Å². The van der Waals surface area contributed by atoms with Crippen LogP contribution in [0, 0.1) is 12.7 Å². The van der Waals surface area contributed by atoms with Gasteiger partial charge in [0.2, 0.25) is 5.91 Å². The van der Waals surface area contributed by atoms with Crippen LogP contribution in [0.25, 0.3) is 5.57 Å². The number of nitrogens with one attached hydrogen (secondary N) is 2. The zero-order chi connectivity index (χ0) is 22.8. The Balaban J connectivity index is 1.75. The maximum absolute atomic E-state index is 13.8. The summed E-state index contributed by atoms with van der Waals surface area (Å²) in [6, 6.07) is 19.3. The molecule has 0 saturated heterocycles. The van der Waals surface area contributed by atoms with Gasteiger partial charge in [0.1, 0.15) is 11.5 Å². The molecule has 0 bridgehead atoms. The van der Waals surface area contributed by atoms with Gasteiger partial charge in [-0.25, -0.2) is 9.29 Å². The molecule has 4 rings (SSSR count). The molecule has 2 N–H and O–H groups in total. The number of anilines is 3. The van der Waals surface area contributed by atoms with Crippen molar-refractivity contribution in [1.29, 1.82) is 0 Å². The first kappa shape index (κ1) is 21.0. The summed E-state index contributed by atoms with van der Waals surface area (Å²) >= 11 is 0. The Morgan fingerprint density at radius 2 is 1.53 bits per heavy atom. The lowest BCUT2D eigenvalue weighted by Gasteiger charge is -2.15. The highest BCUT2D eigenvalue weighted by Gasteiger charge is 2.40. The van der Waals surface area contributed by atoms with Gasteiger partial charge in [-0.3, -0.25) is 14.4 Å². The SMILES string of the molecule is CC(=O)Nc1ccc(NC2=C(c3ccc(C)cc3)C(=O)N(c3cccc(F)c3)C2=O)cc1. The van der Waals surface area contributed by atoms with Gasteiger partial charge in [-0.1, -0.05) is 35.9 Å². The van der Waals surface area contributed by atoms with E-state index < -0.39 is 17.6 Å². The largest absolute Gasteiger partial charge is 0.350 e. The van der Waals surface area contributed by atoms with Gasteiger partial charge in [-0.2, -0.15) is 0 Å². The standard InChI is InChI=1S/C25H20FN3O3/c1-15-6-8-17(9-7-15)22-23(28-20-12-10-19(11-13-20)27-16(2)30)25(32)29(24(22)31)21-5-3-4-18(26)14-21/h3-14,28H,1-2H3,(H,27,30). The van der Waals surface area contributed by atoms with Gasteiger partial charge in [-0.05, 0) is 55.0 Å². The normalized spacial score (nSPS) is 13.5. The molecule has 3 amide bonds. The molecule has 0 unspecified atom stereocenters. The number of carbonyl (C=O) groups excluding carboxylic acids is 3. The minimum atomic E-state index is -0.581. The van der Waals surface area contributed by atoms with Crippen LogP contribution >= 0.6 is 0 Å². The predicted octanol–water partition coefficient (Wildman–Crippen LogP) is 4.49. The van der Waals surface area contributed by atoms with Crippen molar-refractivity contribution in [2.75, 3.05) is 15.5 Å². The number of imide groups is 1. The van der Waals surface area contributed by atoms with Gasteiger partial charge >= 0.3 is 0 Å². The van der Waals surface area contributed by atoms with Crippen LogP contribution in [-0.4, -0.2) is 17.7 Å². The summed E-state index contributed by atoms with van der Waals surface area (Å²) in [6.07, 6.45) is 0. The molecule has 6 nitrogen and oxygen atoms in total. The van der Waals surface area contributed by atoms with Crippen molar-refractivity contribution >= 4 is 40.4 Å². The molecule has 7 heteroatoms. The summed E-state index contributed by atoms with van der Waals surface area (Å²) in [5.74, 6) is -1.86. The van der Waals surface area contributed by atoms with Crippen molar-refractivity contribution in [3.8, 4) is 0 Å². The number of hydrogen-bond donors (Lipinski definition) is 2. The molecule has 0 saturated carbocycles. The number of carbonyl (C=O) groups is 3. The van der Waals surface area contributed by atoms with E-state index in [1.807, 2.05) is 19.1 Å². The Hall–Kier alpha value is -4.26. The van der Waals surface area contributed by atoms with E-state index in [4.69, 9.17) is 0 Å². The first-order valence-corrected chi connectivity index (χ1v) is 9.94. The van der Waals surface area contributed by atoms with Crippen LogP contribution in [0.4, 0.5) is 21.5 Å². The van der Waals surface area contributed by atoms with Gasteiger partial charge in [0.05, 0.1) is 11.3 Å². The molecule has 0 aliphatic carbocycles. The van der Waals surface area contributed by atoms with Crippen molar-refractivity contribution in [2.24, 2.45) is 0 Å². The summed E-state index contributed by atoms with van der Waals surface area (Å²) in [5.41, 5.74) is 3.19. The smallest absolute Gasteiger partial charge is 0.282 e. The van der Waals surface area contributed by atoms with Crippen molar-refractivity contribution in [2.45, 2.75) is 13.8 Å². The Bertz CT molecular complexity index is 1250. The maximum atomic E-state index is 13.8. The second-order valence-electron chi connectivity index (χ2n) is 7.43. The van der Waals surface area contributed by atoms with Gasteiger partial charge in [0.25, 0.3) is 11.8 Å². The number of amides is 3. The second kappa shape index (κ2) is 8.47. The van der Waals surface area contributed by atoms with Gasteiger partial charge in [0.15, 0.2) is 0 Å². The highest BCUT2D eigenvalue weighted by Crippen LogP contribution is 2.34. The van der Waals surface area contributed by atoms with E-state index in [9.17, 15) is 18.8 Å². The molecule has 3 aromatic rings. The van der Waals surface area contributed by atoms with Gasteiger partial charge in [0, 0.05) is 18.3 Å². The van der Waals surface area contributed by atoms with E-state index in [2.05, 4.69) is 10.6 Å². The molecule has 0 atom stereocenters. The van der Waals surface area contributed by atoms with Gasteiger partial charge < -0.3 is 10.6 Å². The Morgan fingerprint density at radius 1 is 0.875 bits per heavy atom. The minimum Gasteiger partial charge on any atom is -0.350 e. The second-order valence-corrected chi connectivity index (χ2v) is 7.43. The fourth-order valence-corrected chi connectivity index (χ4v) is 3.47. The average molecular weight is 429 g/mol. The first-order chi connectivity index (χ1) is 15.3. The van der Waals surface area contributed by atoms with Crippen LogP contribution in [0.15, 0.2) is 78.5 Å². The van der Waals surface area contributed by atoms with Crippen molar-refractivity contribution in [3.05, 3.63) is 95.4 Å². The highest BCUT2D eigenvalue weighted by molar-refractivity contribution is 6.46. The third-order valence-corrected chi connectivity index (χ3v) is 4.97. The van der Waals surface area contributed by atoms with E-state index in [1.54, 1.807) is 36.4 Å². The summed E-state index contributed by atoms with van der Waals surface area (Å²) in [4.78, 5) is 38.8. The van der Waals surface area contributed by atoms with E-state index in [1.165, 1.54) is 25.1 Å². The zero-order valence-electron chi connectivity index (χ0n) is 17.5. The monoisotopic (exact) mass is 429 g/mol. The quantitative estimate of drug-likeness (QED) is 0.586. The minimum absolute atomic E-state index is 0.0930. The first-order valence-electron chi connectivity index (χ1n) is 9.94. The molecule has 1 aliphatic rings. The van der Waals surface area contributed by atoms with E-state index in [0.29, 0.717) is 16.9 Å². The molecule has 0 spiro atoms. The molecular weight excluding hydrogens is 409 g/mol. The van der Waals surface area contributed by atoms with Crippen LogP contribution in [0.1, 0.15) is 18.1 Å². The predicted molar refractivity (Wildman–Crippen MR) is 121 cm³/mol. The molecule has 32 heavy (non-hydrogen) atoms. The average Bonchev–Trinajstić information content (AvgIpc) is 2.99. The lowest BCUT2D eigenvalue weighted by molar-refractivity contribution is -0.120. The molecule has 160 valence electrons. The third-order valence-electron chi connectivity index (χ3n) is 4.97. The number of halogens is 1. The fourth-order valence-electron chi connectivity index (χ4n) is 3.47. The maximum Gasteiger partial charge on any atom is 0.282 e. The van der Waals surface area contributed by atoms with Crippen molar-refractivity contribution in [3.63, 3.8) is 0 Å². The van der Waals surface area contributed by atoms with Crippen molar-refractivity contribution in [1.82, 2.24) is 0 Å². The molecule has 0 radical (unpaired) electrons. The number of hydrogen-bond acceptors (Lipinski definition) is 4. The van der Waals surface area contributed by atoms with Crippen LogP contribution < -0.4 is 15.5 Å². The summed E-state index contributed by atoms with van der Waals surface area (Å²) in [6.45, 7) is 3.34. The van der Waals surface area contributed by atoms with E-state index >= 15 is 0 Å². The van der Waals surface area contributed by atoms with E-state index in [-0.39, 0.29) is 22.9 Å². The Kier molecular flexibility index (Phi) is 5.55. The van der Waals surface area contributed by atoms with Crippen LogP contribution in [0.5, 0.6) is 0 Å². The number of aryl methyl sites for hydroxylation is 1. The number of nitrogens with zero attached hydrogens (tertiary/aromatic N) is 1. The van der Waals surface area contributed by atoms with Crippen molar-refractivity contribution < 1.29 is 18.8 Å². The summed E-state index contributed by atoms with van der Waals surface area (Å²) in [7, 11) is 0. The molecule has 1 heterocycles. The lowest BCUT2D eigenvalue weighted by Crippen LogP contribution is -2.32. The summed E-state index contributed by atoms with van der Waals surface area (Å²) < 4.78 is 13.8. The number of benzene rings is 3. The van der Waals surface area contributed by atoms with Crippen LogP contribution in [0.3, 0.4) is 0 Å². The highest BCUT2D eigenvalue weighted by atomic mass is 19.1. The van der Waals surface area contributed by atoms with Crippen LogP contribution in [0.2, 0.25) is 0 Å². The topological polar surface area (TPSA) is 78.5 Å². The molecule has 1 aliphatic heterocycles. The molecular formula is C25H20FN3O3.